The molecule has 0 N–H and O–H groups in total. The van der Waals surface area contributed by atoms with Gasteiger partial charge in [-0.25, -0.2) is 0 Å². The summed E-state index contributed by atoms with van der Waals surface area (Å²) in [5.41, 5.74) is 0. The molecule has 0 aromatic carbocycles. The maximum atomic E-state index is 10.3. The van der Waals surface area contributed by atoms with Crippen molar-refractivity contribution in [1.29, 1.82) is 0 Å². The molecule has 0 saturated heterocycles. The summed E-state index contributed by atoms with van der Waals surface area (Å²) >= 11 is 11.2. The molecule has 1 atom stereocenters. The van der Waals surface area contributed by atoms with Crippen LogP contribution in [0.3, 0.4) is 0 Å². The summed E-state index contributed by atoms with van der Waals surface area (Å²) < 4.78 is 0. The second kappa shape index (κ2) is 4.99. The topological polar surface area (TPSA) is 34.1 Å². The lowest BCUT2D eigenvalue weighted by Gasteiger charge is -2.00. The molecule has 0 fully saturated rings. The van der Waals surface area contributed by atoms with Gasteiger partial charge in [-0.1, -0.05) is 0 Å². The number of carbonyl (C=O) groups excluding carboxylic acids is 2. The third kappa shape index (κ3) is 5.09. The molecule has 0 bridgehead atoms. The van der Waals surface area contributed by atoms with Crippen LogP contribution in [0.25, 0.3) is 0 Å². The Morgan fingerprint density at radius 1 is 1.50 bits per heavy atom. The minimum Gasteiger partial charge on any atom is -0.280 e. The lowest BCUT2D eigenvalue weighted by molar-refractivity contribution is -0.111. The van der Waals surface area contributed by atoms with Gasteiger partial charge in [-0.15, -0.1) is 11.8 Å². The molecule has 0 aromatic heterocycles. The van der Waals surface area contributed by atoms with Crippen molar-refractivity contribution in [2.45, 2.75) is 12.2 Å². The predicted molar refractivity (Wildman–Crippen MR) is 43.6 cm³/mol. The van der Waals surface area contributed by atoms with E-state index in [4.69, 9.17) is 23.2 Å². The summed E-state index contributed by atoms with van der Waals surface area (Å²) in [4.78, 5) is 20.5. The molecule has 0 amide bonds. The van der Waals surface area contributed by atoms with Gasteiger partial charge in [-0.3, -0.25) is 9.59 Å². The van der Waals surface area contributed by atoms with Crippen molar-refractivity contribution < 1.29 is 9.59 Å². The van der Waals surface area contributed by atoms with Crippen molar-refractivity contribution in [1.82, 2.24) is 0 Å². The second-order valence-corrected chi connectivity index (χ2v) is 3.74. The van der Waals surface area contributed by atoms with Crippen LogP contribution < -0.4 is 0 Å². The number of rotatable bonds is 4. The molecule has 1 unspecified atom stereocenters. The third-order valence-corrected chi connectivity index (χ3v) is 2.66. The molecule has 0 rings (SSSR count). The number of carbonyl (C=O) groups is 2. The molecular weight excluding hydrogens is 195 g/mol. The van der Waals surface area contributed by atoms with Crippen molar-refractivity contribution >= 4 is 45.4 Å². The highest BCUT2D eigenvalue weighted by molar-refractivity contribution is 8.01. The van der Waals surface area contributed by atoms with E-state index in [0.717, 1.165) is 11.8 Å². The Morgan fingerprint density at radius 2 is 2.00 bits per heavy atom. The first kappa shape index (κ1) is 10.3. The van der Waals surface area contributed by atoms with Crippen LogP contribution >= 0.6 is 35.0 Å². The first-order chi connectivity index (χ1) is 4.54. The van der Waals surface area contributed by atoms with Crippen LogP contribution in [-0.4, -0.2) is 21.5 Å². The van der Waals surface area contributed by atoms with Gasteiger partial charge in [0.1, 0.15) is 0 Å². The van der Waals surface area contributed by atoms with Crippen molar-refractivity contribution in [3.05, 3.63) is 0 Å². The zero-order chi connectivity index (χ0) is 8.15. The fourth-order valence-electron chi connectivity index (χ4n) is 0.256. The van der Waals surface area contributed by atoms with Crippen LogP contribution in [0.15, 0.2) is 0 Å². The first-order valence-electron chi connectivity index (χ1n) is 2.53. The molecule has 2 nitrogen and oxygen atoms in total. The smallest absolute Gasteiger partial charge is 0.234 e. The average molecular weight is 201 g/mol. The molecule has 5 heteroatoms. The van der Waals surface area contributed by atoms with Crippen LogP contribution in [0.1, 0.15) is 6.92 Å². The summed E-state index contributed by atoms with van der Waals surface area (Å²) in [6, 6.07) is 0. The molecule has 0 aliphatic heterocycles. The van der Waals surface area contributed by atoms with E-state index in [2.05, 4.69) is 0 Å². The maximum absolute atomic E-state index is 10.3. The minimum atomic E-state index is -0.463. The van der Waals surface area contributed by atoms with Crippen molar-refractivity contribution in [2.75, 3.05) is 5.75 Å². The molecule has 10 heavy (non-hydrogen) atoms. The van der Waals surface area contributed by atoms with E-state index in [-0.39, 0.29) is 11.0 Å². The lowest BCUT2D eigenvalue weighted by Crippen LogP contribution is -2.08. The molecule has 0 spiro atoms. The van der Waals surface area contributed by atoms with E-state index in [1.54, 1.807) is 6.92 Å². The van der Waals surface area contributed by atoms with Gasteiger partial charge < -0.3 is 0 Å². The van der Waals surface area contributed by atoms with E-state index in [1.807, 2.05) is 0 Å². The van der Waals surface area contributed by atoms with Crippen molar-refractivity contribution in [2.24, 2.45) is 0 Å². The van der Waals surface area contributed by atoms with E-state index >= 15 is 0 Å². The highest BCUT2D eigenvalue weighted by Gasteiger charge is 2.10. The Bertz CT molecular complexity index is 149. The highest BCUT2D eigenvalue weighted by Crippen LogP contribution is 2.13. The summed E-state index contributed by atoms with van der Waals surface area (Å²) in [5.74, 6) is 0.126. The van der Waals surface area contributed by atoms with Gasteiger partial charge in [0.25, 0.3) is 0 Å². The van der Waals surface area contributed by atoms with Gasteiger partial charge in [0, 0.05) is 0 Å². The van der Waals surface area contributed by atoms with Crippen LogP contribution in [0.2, 0.25) is 0 Å². The Hall–Kier alpha value is 0.270. The van der Waals surface area contributed by atoms with E-state index in [9.17, 15) is 9.59 Å². The quantitative estimate of drug-likeness (QED) is 0.648. The van der Waals surface area contributed by atoms with Crippen LogP contribution in [0.4, 0.5) is 0 Å². The Kier molecular flexibility index (Phi) is 5.13. The zero-order valence-electron chi connectivity index (χ0n) is 5.27. The van der Waals surface area contributed by atoms with Gasteiger partial charge in [-0.2, -0.15) is 0 Å². The molecule has 0 aliphatic carbocycles. The predicted octanol–water partition coefficient (Wildman–Crippen LogP) is 1.64. The van der Waals surface area contributed by atoms with E-state index < -0.39 is 10.5 Å². The van der Waals surface area contributed by atoms with Crippen LogP contribution in [0, 0.1) is 0 Å². The summed E-state index contributed by atoms with van der Waals surface area (Å²) in [6.45, 7) is 1.62. The van der Waals surface area contributed by atoms with Crippen LogP contribution in [0.5, 0.6) is 0 Å². The lowest BCUT2D eigenvalue weighted by atomic mass is 10.5. The normalized spacial score (nSPS) is 12.7. The summed E-state index contributed by atoms with van der Waals surface area (Å²) in [7, 11) is 0. The molecule has 0 heterocycles. The monoisotopic (exact) mass is 200 g/mol. The van der Waals surface area contributed by atoms with Gasteiger partial charge in [0.15, 0.2) is 0 Å². The molecule has 0 aliphatic rings. The van der Waals surface area contributed by atoms with Gasteiger partial charge >= 0.3 is 0 Å². The third-order valence-electron chi connectivity index (χ3n) is 0.766. The summed E-state index contributed by atoms with van der Waals surface area (Å²) in [6.07, 6.45) is 0. The van der Waals surface area contributed by atoms with Crippen molar-refractivity contribution in [3.63, 3.8) is 0 Å². The van der Waals surface area contributed by atoms with Gasteiger partial charge in [-0.05, 0) is 30.1 Å². The van der Waals surface area contributed by atoms with Gasteiger partial charge in [0.2, 0.25) is 10.5 Å². The number of hydrogen-bond acceptors (Lipinski definition) is 3. The Labute approximate surface area is 73.3 Å². The Balaban J connectivity index is 3.49. The first-order valence-corrected chi connectivity index (χ1v) is 4.33. The second-order valence-electron chi connectivity index (χ2n) is 1.61. The standard InChI is InChI=1S/C5H6Cl2O2S/c1-3(5(7)9)10-2-4(6)8/h3H,2H2,1H3. The largest absolute Gasteiger partial charge is 0.280 e. The van der Waals surface area contributed by atoms with E-state index in [0.29, 0.717) is 0 Å². The Morgan fingerprint density at radius 3 is 2.30 bits per heavy atom. The maximum Gasteiger partial charge on any atom is 0.234 e. The fraction of sp³-hybridized carbons (Fsp3) is 0.600. The number of hydrogen-bond donors (Lipinski definition) is 0. The zero-order valence-corrected chi connectivity index (χ0v) is 7.59. The molecular formula is C5H6Cl2O2S. The SMILES string of the molecule is CC(SCC(=O)Cl)C(=O)Cl. The average Bonchev–Trinajstić information content (AvgIpc) is 1.82. The number of halogens is 2. The highest BCUT2D eigenvalue weighted by atomic mass is 35.5. The molecule has 58 valence electrons. The minimum absolute atomic E-state index is 0.126. The van der Waals surface area contributed by atoms with Crippen LogP contribution in [-0.2, 0) is 9.59 Å². The summed E-state index contributed by atoms with van der Waals surface area (Å²) in [5, 5.41) is -1.28. The molecule has 0 aromatic rings. The fourth-order valence-corrected chi connectivity index (χ4v) is 1.15. The van der Waals surface area contributed by atoms with E-state index in [1.165, 1.54) is 0 Å². The van der Waals surface area contributed by atoms with Gasteiger partial charge in [0.05, 0.1) is 11.0 Å². The molecule has 0 saturated carbocycles. The molecule has 0 radical (unpaired) electrons. The van der Waals surface area contributed by atoms with Crippen molar-refractivity contribution in [3.8, 4) is 0 Å². The number of thioether (sulfide) groups is 1.